The minimum Gasteiger partial charge on any atom is -0.449 e. The molecule has 0 aliphatic rings. The molecule has 0 aliphatic carbocycles. The maximum atomic E-state index is 13.5. The highest BCUT2D eigenvalue weighted by Crippen LogP contribution is 2.36. The molecule has 0 aliphatic heterocycles. The molecule has 1 atom stereocenters. The Morgan fingerprint density at radius 1 is 1.15 bits per heavy atom. The number of anilines is 1. The molecular formula is C17H12ClF4NO3. The summed E-state index contributed by atoms with van der Waals surface area (Å²) in [4.78, 5) is 23.9. The van der Waals surface area contributed by atoms with E-state index in [0.29, 0.717) is 6.07 Å². The van der Waals surface area contributed by atoms with Crippen LogP contribution >= 0.6 is 11.6 Å². The van der Waals surface area contributed by atoms with Crippen molar-refractivity contribution in [2.75, 3.05) is 5.32 Å². The summed E-state index contributed by atoms with van der Waals surface area (Å²) < 4.78 is 57.4. The second-order valence-electron chi connectivity index (χ2n) is 5.20. The molecule has 0 spiro atoms. The number of esters is 1. The summed E-state index contributed by atoms with van der Waals surface area (Å²) in [6, 6.07) is 7.76. The Bertz CT molecular complexity index is 839. The highest BCUT2D eigenvalue weighted by molar-refractivity contribution is 6.30. The van der Waals surface area contributed by atoms with Gasteiger partial charge in [0.1, 0.15) is 5.82 Å². The molecule has 0 unspecified atom stereocenters. The Kier molecular flexibility index (Phi) is 5.86. The summed E-state index contributed by atoms with van der Waals surface area (Å²) >= 11 is 5.56. The summed E-state index contributed by atoms with van der Waals surface area (Å²) in [5, 5.41) is 1.87. The third-order valence-corrected chi connectivity index (χ3v) is 3.53. The topological polar surface area (TPSA) is 55.4 Å². The predicted octanol–water partition coefficient (Wildman–Crippen LogP) is 4.68. The van der Waals surface area contributed by atoms with E-state index < -0.39 is 46.8 Å². The molecule has 0 heterocycles. The van der Waals surface area contributed by atoms with Gasteiger partial charge in [-0.25, -0.2) is 9.18 Å². The van der Waals surface area contributed by atoms with Gasteiger partial charge < -0.3 is 10.1 Å². The van der Waals surface area contributed by atoms with Crippen LogP contribution in [0.15, 0.2) is 42.5 Å². The molecular weight excluding hydrogens is 378 g/mol. The number of benzene rings is 2. The zero-order chi connectivity index (χ0) is 19.5. The molecule has 2 rings (SSSR count). The summed E-state index contributed by atoms with van der Waals surface area (Å²) in [6.45, 7) is 1.15. The lowest BCUT2D eigenvalue weighted by atomic mass is 10.1. The third-order valence-electron chi connectivity index (χ3n) is 3.29. The van der Waals surface area contributed by atoms with Crippen molar-refractivity contribution in [1.29, 1.82) is 0 Å². The molecule has 1 N–H and O–H groups in total. The summed E-state index contributed by atoms with van der Waals surface area (Å²) in [7, 11) is 0. The van der Waals surface area contributed by atoms with Gasteiger partial charge in [0.15, 0.2) is 6.10 Å². The molecule has 26 heavy (non-hydrogen) atoms. The van der Waals surface area contributed by atoms with Crippen molar-refractivity contribution in [3.63, 3.8) is 0 Å². The number of hydrogen-bond acceptors (Lipinski definition) is 3. The Morgan fingerprint density at radius 3 is 2.42 bits per heavy atom. The number of alkyl halides is 3. The zero-order valence-corrected chi connectivity index (χ0v) is 14.0. The average molecular weight is 390 g/mol. The minimum atomic E-state index is -4.75. The smallest absolute Gasteiger partial charge is 0.418 e. The van der Waals surface area contributed by atoms with Crippen molar-refractivity contribution in [2.45, 2.75) is 19.2 Å². The average Bonchev–Trinajstić information content (AvgIpc) is 2.55. The van der Waals surface area contributed by atoms with Crippen LogP contribution in [0, 0.1) is 5.82 Å². The second-order valence-corrected chi connectivity index (χ2v) is 5.64. The van der Waals surface area contributed by atoms with Crippen LogP contribution in [0.5, 0.6) is 0 Å². The molecule has 138 valence electrons. The van der Waals surface area contributed by atoms with Gasteiger partial charge in [0.2, 0.25) is 0 Å². The van der Waals surface area contributed by atoms with Crippen LogP contribution < -0.4 is 5.32 Å². The van der Waals surface area contributed by atoms with Gasteiger partial charge in [-0.05, 0) is 37.3 Å². The van der Waals surface area contributed by atoms with Crippen molar-refractivity contribution in [1.82, 2.24) is 0 Å². The first-order valence-corrected chi connectivity index (χ1v) is 7.60. The van der Waals surface area contributed by atoms with Crippen LogP contribution in [-0.4, -0.2) is 18.0 Å². The van der Waals surface area contributed by atoms with Crippen molar-refractivity contribution < 1.29 is 31.9 Å². The Balaban J connectivity index is 2.13. The lowest BCUT2D eigenvalue weighted by Crippen LogP contribution is -2.31. The van der Waals surface area contributed by atoms with E-state index >= 15 is 0 Å². The number of carbonyl (C=O) groups is 2. The van der Waals surface area contributed by atoms with Crippen LogP contribution in [0.25, 0.3) is 0 Å². The standard InChI is InChI=1S/C17H12ClF4NO3/c1-9(26-16(25)11-4-2-3-5-13(11)19)15(24)23-14-7-6-10(18)8-12(14)17(20,21)22/h2-9H,1H3,(H,23,24)/t9-/m1/s1. The monoisotopic (exact) mass is 389 g/mol. The van der Waals surface area contributed by atoms with Crippen molar-refractivity contribution in [3.05, 3.63) is 64.4 Å². The van der Waals surface area contributed by atoms with E-state index in [0.717, 1.165) is 25.1 Å². The van der Waals surface area contributed by atoms with Gasteiger partial charge in [-0.3, -0.25) is 4.79 Å². The molecule has 9 heteroatoms. The number of nitrogens with one attached hydrogen (secondary N) is 1. The molecule has 0 saturated carbocycles. The molecule has 1 amide bonds. The van der Waals surface area contributed by atoms with Crippen LogP contribution in [-0.2, 0) is 15.7 Å². The molecule has 0 aromatic heterocycles. The molecule has 4 nitrogen and oxygen atoms in total. The Labute approximate surface area is 150 Å². The SMILES string of the molecule is C[C@@H](OC(=O)c1ccccc1F)C(=O)Nc1ccc(Cl)cc1C(F)(F)F. The number of amides is 1. The lowest BCUT2D eigenvalue weighted by Gasteiger charge is -2.17. The van der Waals surface area contributed by atoms with Crippen LogP contribution in [0.3, 0.4) is 0 Å². The van der Waals surface area contributed by atoms with Crippen LogP contribution in [0.4, 0.5) is 23.2 Å². The van der Waals surface area contributed by atoms with Crippen LogP contribution in [0.1, 0.15) is 22.8 Å². The van der Waals surface area contributed by atoms with Crippen molar-refractivity contribution >= 4 is 29.2 Å². The predicted molar refractivity (Wildman–Crippen MR) is 86.4 cm³/mol. The van der Waals surface area contributed by atoms with Crippen molar-refractivity contribution in [3.8, 4) is 0 Å². The Hall–Kier alpha value is -2.61. The van der Waals surface area contributed by atoms with Gasteiger partial charge in [0.25, 0.3) is 5.91 Å². The van der Waals surface area contributed by atoms with E-state index in [2.05, 4.69) is 0 Å². The molecule has 0 bridgehead atoms. The molecule has 0 saturated heterocycles. The van der Waals surface area contributed by atoms with E-state index in [1.54, 1.807) is 0 Å². The molecule has 2 aromatic rings. The minimum absolute atomic E-state index is 0.158. The van der Waals surface area contributed by atoms with Crippen molar-refractivity contribution in [2.24, 2.45) is 0 Å². The third kappa shape index (κ3) is 4.72. The summed E-state index contributed by atoms with van der Waals surface area (Å²) in [5.74, 6) is -2.97. The maximum Gasteiger partial charge on any atom is 0.418 e. The number of halogens is 5. The zero-order valence-electron chi connectivity index (χ0n) is 13.2. The van der Waals surface area contributed by atoms with Gasteiger partial charge in [-0.2, -0.15) is 13.2 Å². The molecule has 0 fully saturated rings. The first kappa shape index (κ1) is 19.7. The first-order valence-electron chi connectivity index (χ1n) is 7.22. The largest absolute Gasteiger partial charge is 0.449 e. The van der Waals surface area contributed by atoms with Gasteiger partial charge in [-0.15, -0.1) is 0 Å². The van der Waals surface area contributed by atoms with E-state index in [-0.39, 0.29) is 5.02 Å². The maximum absolute atomic E-state index is 13.5. The molecule has 0 radical (unpaired) electrons. The van der Waals surface area contributed by atoms with E-state index in [1.165, 1.54) is 18.2 Å². The number of ether oxygens (including phenoxy) is 1. The highest BCUT2D eigenvalue weighted by atomic mass is 35.5. The van der Waals surface area contributed by atoms with Gasteiger partial charge in [-0.1, -0.05) is 23.7 Å². The van der Waals surface area contributed by atoms with Gasteiger partial charge in [0.05, 0.1) is 16.8 Å². The van der Waals surface area contributed by atoms with Crippen LogP contribution in [0.2, 0.25) is 5.02 Å². The lowest BCUT2D eigenvalue weighted by molar-refractivity contribution is -0.137. The van der Waals surface area contributed by atoms with Gasteiger partial charge in [0, 0.05) is 5.02 Å². The first-order chi connectivity index (χ1) is 12.1. The summed E-state index contributed by atoms with van der Waals surface area (Å²) in [6.07, 6.45) is -6.21. The number of rotatable bonds is 4. The van der Waals surface area contributed by atoms with E-state index in [4.69, 9.17) is 16.3 Å². The fourth-order valence-corrected chi connectivity index (χ4v) is 2.17. The van der Waals surface area contributed by atoms with E-state index in [9.17, 15) is 27.2 Å². The highest BCUT2D eigenvalue weighted by Gasteiger charge is 2.34. The number of hydrogen-bond donors (Lipinski definition) is 1. The van der Waals surface area contributed by atoms with Gasteiger partial charge >= 0.3 is 12.1 Å². The fraction of sp³-hybridized carbons (Fsp3) is 0.176. The Morgan fingerprint density at radius 2 is 1.81 bits per heavy atom. The second kappa shape index (κ2) is 7.74. The quantitative estimate of drug-likeness (QED) is 0.610. The fourth-order valence-electron chi connectivity index (χ4n) is 2.00. The molecule has 2 aromatic carbocycles. The van der Waals surface area contributed by atoms with E-state index in [1.807, 2.05) is 5.32 Å². The number of carbonyl (C=O) groups excluding carboxylic acids is 2. The normalized spacial score (nSPS) is 12.4. The summed E-state index contributed by atoms with van der Waals surface area (Å²) in [5.41, 5.74) is -2.08.